The molecule has 0 aliphatic rings. The molecule has 0 saturated heterocycles. The van der Waals surface area contributed by atoms with Crippen LogP contribution in [0.25, 0.3) is 0 Å². The van der Waals surface area contributed by atoms with Gasteiger partial charge in [0.1, 0.15) is 9.52 Å². The van der Waals surface area contributed by atoms with Gasteiger partial charge in [-0.15, -0.1) is 11.5 Å². The van der Waals surface area contributed by atoms with Crippen LogP contribution in [0.1, 0.15) is 20.3 Å². The molecule has 0 rings (SSSR count). The van der Waals surface area contributed by atoms with Crippen molar-refractivity contribution in [1.82, 2.24) is 0 Å². The zero-order valence-corrected chi connectivity index (χ0v) is 7.41. The third-order valence-electron chi connectivity index (χ3n) is 1.14. The summed E-state index contributed by atoms with van der Waals surface area (Å²) in [7, 11) is 0.000756. The van der Waals surface area contributed by atoms with E-state index >= 15 is 0 Å². The Morgan fingerprint density at radius 3 is 2.62 bits per heavy atom. The molecule has 0 aliphatic carbocycles. The maximum absolute atomic E-state index is 3.19. The Balaban J connectivity index is 3.35. The molecule has 0 heterocycles. The number of hydrogen-bond acceptors (Lipinski definition) is 0. The molecule has 0 saturated carbocycles. The third kappa shape index (κ3) is 3.95. The predicted octanol–water partition coefficient (Wildman–Crippen LogP) is 1.21. The van der Waals surface area contributed by atoms with Crippen molar-refractivity contribution < 1.29 is 0 Å². The smallest absolute Gasteiger partial charge is 0.104 e. The van der Waals surface area contributed by atoms with Crippen molar-refractivity contribution in [3.05, 3.63) is 0 Å². The van der Waals surface area contributed by atoms with E-state index in [0.29, 0.717) is 5.92 Å². The first-order chi connectivity index (χ1) is 3.81. The van der Waals surface area contributed by atoms with Crippen LogP contribution in [0.3, 0.4) is 0 Å². The summed E-state index contributed by atoms with van der Waals surface area (Å²) >= 11 is 0. The maximum atomic E-state index is 3.19. The highest BCUT2D eigenvalue weighted by molar-refractivity contribution is 6.44. The Morgan fingerprint density at radius 1 is 1.62 bits per heavy atom. The van der Waals surface area contributed by atoms with Crippen LogP contribution in [0.5, 0.6) is 0 Å². The van der Waals surface area contributed by atoms with Crippen molar-refractivity contribution in [2.24, 2.45) is 5.92 Å². The van der Waals surface area contributed by atoms with Crippen LogP contribution in [0.2, 0.25) is 6.55 Å². The van der Waals surface area contributed by atoms with Crippen LogP contribution < -0.4 is 0 Å². The summed E-state index contributed by atoms with van der Waals surface area (Å²) < 4.78 is 0. The molecule has 0 aromatic carbocycles. The molecule has 0 nitrogen and oxygen atoms in total. The quantitative estimate of drug-likeness (QED) is 0.366. The second-order valence-electron chi connectivity index (χ2n) is 1.98. The minimum atomic E-state index is 0.000756. The SMILES string of the molecule is CCC(C)C#C[SiH2]C. The summed E-state index contributed by atoms with van der Waals surface area (Å²) in [5.41, 5.74) is 3.19. The Morgan fingerprint density at radius 2 is 2.25 bits per heavy atom. The van der Waals surface area contributed by atoms with Gasteiger partial charge in [0.15, 0.2) is 0 Å². The average Bonchev–Trinajstić information content (AvgIpc) is 1.83. The van der Waals surface area contributed by atoms with Crippen LogP contribution in [-0.2, 0) is 0 Å². The topological polar surface area (TPSA) is 0 Å². The minimum absolute atomic E-state index is 0.000756. The molecule has 0 spiro atoms. The van der Waals surface area contributed by atoms with Gasteiger partial charge in [0.05, 0.1) is 0 Å². The van der Waals surface area contributed by atoms with E-state index in [1.165, 1.54) is 6.42 Å². The fraction of sp³-hybridized carbons (Fsp3) is 0.714. The van der Waals surface area contributed by atoms with Crippen molar-refractivity contribution in [3.63, 3.8) is 0 Å². The van der Waals surface area contributed by atoms with Crippen molar-refractivity contribution in [1.29, 1.82) is 0 Å². The lowest BCUT2D eigenvalue weighted by atomic mass is 10.1. The Kier molecular flexibility index (Phi) is 4.79. The highest BCUT2D eigenvalue weighted by Crippen LogP contribution is 1.95. The van der Waals surface area contributed by atoms with Crippen molar-refractivity contribution in [3.8, 4) is 11.5 Å². The van der Waals surface area contributed by atoms with Crippen molar-refractivity contribution in [2.45, 2.75) is 26.8 Å². The summed E-state index contributed by atoms with van der Waals surface area (Å²) in [5.74, 6) is 3.82. The molecule has 1 atom stereocenters. The zero-order chi connectivity index (χ0) is 6.41. The van der Waals surface area contributed by atoms with E-state index < -0.39 is 0 Å². The standard InChI is InChI=1S/C7H14Si/c1-4-7(2)5-6-8-3/h7H,4,8H2,1-3H3. The molecular formula is C7H14Si. The van der Waals surface area contributed by atoms with Gasteiger partial charge in [0.25, 0.3) is 0 Å². The first kappa shape index (κ1) is 7.78. The normalized spacial score (nSPS) is 13.4. The second kappa shape index (κ2) is 4.92. The third-order valence-corrected chi connectivity index (χ3v) is 1.70. The molecule has 0 aromatic heterocycles. The molecule has 0 bridgehead atoms. The lowest BCUT2D eigenvalue weighted by molar-refractivity contribution is 0.724. The van der Waals surface area contributed by atoms with E-state index in [1.807, 2.05) is 0 Å². The molecule has 8 heavy (non-hydrogen) atoms. The van der Waals surface area contributed by atoms with Crippen LogP contribution in [0.4, 0.5) is 0 Å². The van der Waals surface area contributed by atoms with Crippen LogP contribution in [0.15, 0.2) is 0 Å². The van der Waals surface area contributed by atoms with Gasteiger partial charge in [0, 0.05) is 5.92 Å². The summed E-state index contributed by atoms with van der Waals surface area (Å²) in [6.45, 7) is 6.57. The molecule has 0 amide bonds. The predicted molar refractivity (Wildman–Crippen MR) is 41.6 cm³/mol. The van der Waals surface area contributed by atoms with Gasteiger partial charge in [0.2, 0.25) is 0 Å². The van der Waals surface area contributed by atoms with Gasteiger partial charge in [-0.25, -0.2) is 0 Å². The van der Waals surface area contributed by atoms with Gasteiger partial charge in [-0.1, -0.05) is 20.4 Å². The van der Waals surface area contributed by atoms with E-state index in [1.54, 1.807) is 0 Å². The highest BCUT2D eigenvalue weighted by atomic mass is 28.2. The average molecular weight is 126 g/mol. The molecule has 0 aromatic rings. The monoisotopic (exact) mass is 126 g/mol. The minimum Gasteiger partial charge on any atom is -0.140 e. The van der Waals surface area contributed by atoms with E-state index in [4.69, 9.17) is 0 Å². The lowest BCUT2D eigenvalue weighted by Crippen LogP contribution is -1.85. The molecule has 0 N–H and O–H groups in total. The molecule has 0 radical (unpaired) electrons. The molecule has 0 fully saturated rings. The van der Waals surface area contributed by atoms with Crippen LogP contribution in [0, 0.1) is 17.4 Å². The summed E-state index contributed by atoms with van der Waals surface area (Å²) in [6.07, 6.45) is 1.20. The first-order valence-corrected chi connectivity index (χ1v) is 5.41. The van der Waals surface area contributed by atoms with Crippen LogP contribution >= 0.6 is 0 Å². The fourth-order valence-corrected chi connectivity index (χ4v) is 0.931. The van der Waals surface area contributed by atoms with Crippen LogP contribution in [-0.4, -0.2) is 9.52 Å². The van der Waals surface area contributed by atoms with Gasteiger partial charge in [-0.05, 0) is 6.42 Å². The molecule has 0 aliphatic heterocycles. The molecule has 46 valence electrons. The molecule has 1 unspecified atom stereocenters. The number of rotatable bonds is 1. The zero-order valence-electron chi connectivity index (χ0n) is 5.99. The first-order valence-electron chi connectivity index (χ1n) is 3.29. The van der Waals surface area contributed by atoms with Crippen molar-refractivity contribution in [2.75, 3.05) is 0 Å². The summed E-state index contributed by atoms with van der Waals surface area (Å²) in [5, 5.41) is 0. The Bertz CT molecular complexity index is 96.7. The van der Waals surface area contributed by atoms with Gasteiger partial charge >= 0.3 is 0 Å². The lowest BCUT2D eigenvalue weighted by Gasteiger charge is -1.92. The molecular weight excluding hydrogens is 112 g/mol. The molecule has 1 heteroatoms. The van der Waals surface area contributed by atoms with E-state index in [0.717, 1.165) is 0 Å². The highest BCUT2D eigenvalue weighted by Gasteiger charge is 1.86. The summed E-state index contributed by atoms with van der Waals surface area (Å²) in [6, 6.07) is 0. The van der Waals surface area contributed by atoms with E-state index in [-0.39, 0.29) is 9.52 Å². The summed E-state index contributed by atoms with van der Waals surface area (Å²) in [4.78, 5) is 0. The second-order valence-corrected chi connectivity index (χ2v) is 3.04. The number of hydrogen-bond donors (Lipinski definition) is 0. The maximum Gasteiger partial charge on any atom is 0.104 e. The fourth-order valence-electron chi connectivity index (χ4n) is 0.378. The van der Waals surface area contributed by atoms with Gasteiger partial charge in [-0.3, -0.25) is 0 Å². The Labute approximate surface area is 54.5 Å². The Hall–Kier alpha value is -0.223. The van der Waals surface area contributed by atoms with E-state index in [9.17, 15) is 0 Å². The van der Waals surface area contributed by atoms with Crippen molar-refractivity contribution >= 4 is 9.52 Å². The van der Waals surface area contributed by atoms with Gasteiger partial charge < -0.3 is 0 Å². The van der Waals surface area contributed by atoms with E-state index in [2.05, 4.69) is 31.9 Å². The largest absolute Gasteiger partial charge is 0.140 e. The van der Waals surface area contributed by atoms with Gasteiger partial charge in [-0.2, -0.15) is 0 Å².